The zero-order valence-electron chi connectivity index (χ0n) is 10.3. The van der Waals surface area contributed by atoms with Crippen LogP contribution in [0.3, 0.4) is 0 Å². The van der Waals surface area contributed by atoms with E-state index in [1.165, 1.54) is 19.4 Å². The maximum atomic E-state index is 4.45. The van der Waals surface area contributed by atoms with Gasteiger partial charge in [0.15, 0.2) is 0 Å². The Morgan fingerprint density at radius 3 is 3.12 bits per heavy atom. The number of rotatable bonds is 5. The predicted molar refractivity (Wildman–Crippen MR) is 73.9 cm³/mol. The lowest BCUT2D eigenvalue weighted by atomic mass is 10.2. The highest BCUT2D eigenvalue weighted by atomic mass is 79.9. The Bertz CT molecular complexity index is 339. The van der Waals surface area contributed by atoms with Crippen molar-refractivity contribution < 1.29 is 0 Å². The van der Waals surface area contributed by atoms with Crippen LogP contribution in [0.4, 0.5) is 0 Å². The van der Waals surface area contributed by atoms with Gasteiger partial charge in [-0.15, -0.1) is 0 Å². The second-order valence-corrected chi connectivity index (χ2v) is 5.46. The van der Waals surface area contributed by atoms with Crippen molar-refractivity contribution in [1.29, 1.82) is 0 Å². The topological polar surface area (TPSA) is 28.2 Å². The van der Waals surface area contributed by atoms with Crippen molar-refractivity contribution in [2.45, 2.75) is 32.4 Å². The molecule has 4 heteroatoms. The summed E-state index contributed by atoms with van der Waals surface area (Å²) in [7, 11) is 0. The molecule has 1 unspecified atom stereocenters. The third-order valence-corrected chi connectivity index (χ3v) is 3.75. The lowest BCUT2D eigenvalue weighted by Crippen LogP contribution is -2.37. The average molecular weight is 298 g/mol. The van der Waals surface area contributed by atoms with Crippen LogP contribution < -0.4 is 5.32 Å². The van der Waals surface area contributed by atoms with E-state index < -0.39 is 0 Å². The smallest absolute Gasteiger partial charge is 0.0544 e. The third-order valence-electron chi connectivity index (χ3n) is 3.28. The quantitative estimate of drug-likeness (QED) is 0.905. The molecule has 17 heavy (non-hydrogen) atoms. The van der Waals surface area contributed by atoms with E-state index in [0.29, 0.717) is 6.04 Å². The van der Waals surface area contributed by atoms with Gasteiger partial charge in [-0.3, -0.25) is 9.88 Å². The second kappa shape index (κ2) is 6.47. The molecular weight excluding hydrogens is 278 g/mol. The number of nitrogens with zero attached hydrogens (tertiary/aromatic N) is 2. The molecule has 1 aliphatic rings. The van der Waals surface area contributed by atoms with Crippen LogP contribution in [-0.4, -0.2) is 35.6 Å². The van der Waals surface area contributed by atoms with Crippen molar-refractivity contribution in [1.82, 2.24) is 15.2 Å². The molecule has 1 atom stereocenters. The van der Waals surface area contributed by atoms with Gasteiger partial charge in [0.1, 0.15) is 0 Å². The first-order chi connectivity index (χ1) is 8.29. The van der Waals surface area contributed by atoms with Crippen molar-refractivity contribution in [3.05, 3.63) is 28.5 Å². The van der Waals surface area contributed by atoms with Crippen LogP contribution in [0, 0.1) is 0 Å². The van der Waals surface area contributed by atoms with E-state index in [1.54, 1.807) is 0 Å². The number of likely N-dealkylation sites (N-methyl/N-ethyl adjacent to an activating group) is 1. The van der Waals surface area contributed by atoms with Gasteiger partial charge in [-0.2, -0.15) is 0 Å². The Morgan fingerprint density at radius 2 is 2.41 bits per heavy atom. The Morgan fingerprint density at radius 1 is 1.53 bits per heavy atom. The number of hydrogen-bond acceptors (Lipinski definition) is 3. The molecule has 1 fully saturated rings. The molecule has 2 heterocycles. The van der Waals surface area contributed by atoms with Gasteiger partial charge in [0.2, 0.25) is 0 Å². The minimum Gasteiger partial charge on any atom is -0.315 e. The fourth-order valence-corrected chi connectivity index (χ4v) is 2.59. The molecule has 0 saturated carbocycles. The van der Waals surface area contributed by atoms with Crippen molar-refractivity contribution in [2.24, 2.45) is 0 Å². The van der Waals surface area contributed by atoms with E-state index in [4.69, 9.17) is 0 Å². The van der Waals surface area contributed by atoms with E-state index >= 15 is 0 Å². The highest BCUT2D eigenvalue weighted by molar-refractivity contribution is 9.10. The summed E-state index contributed by atoms with van der Waals surface area (Å²) >= 11 is 3.42. The van der Waals surface area contributed by atoms with Gasteiger partial charge in [-0.1, -0.05) is 6.92 Å². The van der Waals surface area contributed by atoms with E-state index in [-0.39, 0.29) is 0 Å². The maximum absolute atomic E-state index is 4.45. The molecule has 2 rings (SSSR count). The molecule has 1 N–H and O–H groups in total. The monoisotopic (exact) mass is 297 g/mol. The first-order valence-electron chi connectivity index (χ1n) is 6.35. The van der Waals surface area contributed by atoms with Crippen LogP contribution in [0.2, 0.25) is 0 Å². The maximum Gasteiger partial charge on any atom is 0.0544 e. The highest BCUT2D eigenvalue weighted by Crippen LogP contribution is 2.19. The summed E-state index contributed by atoms with van der Waals surface area (Å²) in [6.07, 6.45) is 4.50. The predicted octanol–water partition coefficient (Wildman–Crippen LogP) is 2.42. The molecule has 0 spiro atoms. The lowest BCUT2D eigenvalue weighted by Gasteiger charge is -2.24. The molecule has 1 aromatic heterocycles. The molecule has 0 amide bonds. The van der Waals surface area contributed by atoms with Gasteiger partial charge >= 0.3 is 0 Å². The lowest BCUT2D eigenvalue weighted by molar-refractivity contribution is 0.237. The number of halogens is 1. The van der Waals surface area contributed by atoms with Crippen molar-refractivity contribution in [3.8, 4) is 0 Å². The summed E-state index contributed by atoms with van der Waals surface area (Å²) in [4.78, 5) is 6.99. The number of likely N-dealkylation sites (tertiary alicyclic amines) is 1. The number of hydrogen-bond donors (Lipinski definition) is 1. The summed E-state index contributed by atoms with van der Waals surface area (Å²) in [5, 5.41) is 3.45. The zero-order chi connectivity index (χ0) is 12.1. The Kier molecular flexibility index (Phi) is 4.95. The minimum absolute atomic E-state index is 0.681. The largest absolute Gasteiger partial charge is 0.315 e. The molecule has 94 valence electrons. The average Bonchev–Trinajstić information content (AvgIpc) is 2.77. The fourth-order valence-electron chi connectivity index (χ4n) is 2.35. The third kappa shape index (κ3) is 3.76. The highest BCUT2D eigenvalue weighted by Gasteiger charge is 2.23. The molecule has 3 nitrogen and oxygen atoms in total. The van der Waals surface area contributed by atoms with Crippen LogP contribution in [0.1, 0.15) is 25.5 Å². The standard InChI is InChI=1S/C13H20BrN3/c1-2-15-9-13-4-3-7-17(13)10-12-6-5-11(14)8-16-12/h5-6,8,13,15H,2-4,7,9-10H2,1H3. The molecule has 1 aliphatic heterocycles. The summed E-state index contributed by atoms with van der Waals surface area (Å²) < 4.78 is 1.05. The van der Waals surface area contributed by atoms with E-state index in [9.17, 15) is 0 Å². The molecule has 0 bridgehead atoms. The second-order valence-electron chi connectivity index (χ2n) is 4.54. The minimum atomic E-state index is 0.681. The van der Waals surface area contributed by atoms with Crippen LogP contribution >= 0.6 is 15.9 Å². The van der Waals surface area contributed by atoms with Gasteiger partial charge in [-0.05, 0) is 54.0 Å². The molecule has 0 aromatic carbocycles. The first-order valence-corrected chi connectivity index (χ1v) is 7.14. The zero-order valence-corrected chi connectivity index (χ0v) is 11.9. The number of aromatic nitrogens is 1. The molecule has 1 aromatic rings. The van der Waals surface area contributed by atoms with Crippen molar-refractivity contribution >= 4 is 15.9 Å². The number of pyridine rings is 1. The van der Waals surface area contributed by atoms with Crippen molar-refractivity contribution in [2.75, 3.05) is 19.6 Å². The summed E-state index contributed by atoms with van der Waals surface area (Å²) in [6, 6.07) is 4.85. The molecule has 0 radical (unpaired) electrons. The van der Waals surface area contributed by atoms with Gasteiger partial charge in [0, 0.05) is 29.8 Å². The summed E-state index contributed by atoms with van der Waals surface area (Å²) in [5.74, 6) is 0. The molecule has 0 aliphatic carbocycles. The van der Waals surface area contributed by atoms with Crippen LogP contribution in [0.25, 0.3) is 0 Å². The van der Waals surface area contributed by atoms with E-state index in [0.717, 1.165) is 29.8 Å². The normalized spacial score (nSPS) is 20.9. The van der Waals surface area contributed by atoms with Crippen LogP contribution in [0.5, 0.6) is 0 Å². The Hall–Kier alpha value is -0.450. The molecular formula is C13H20BrN3. The summed E-state index contributed by atoms with van der Waals surface area (Å²) in [5.41, 5.74) is 1.16. The molecule has 1 saturated heterocycles. The SMILES string of the molecule is CCNCC1CCCN1Cc1ccc(Br)cn1. The Labute approximate surface area is 112 Å². The van der Waals surface area contributed by atoms with Gasteiger partial charge in [-0.25, -0.2) is 0 Å². The number of nitrogens with one attached hydrogen (secondary N) is 1. The van der Waals surface area contributed by atoms with E-state index in [1.807, 2.05) is 6.20 Å². The Balaban J connectivity index is 1.90. The fraction of sp³-hybridized carbons (Fsp3) is 0.615. The van der Waals surface area contributed by atoms with Crippen LogP contribution in [0.15, 0.2) is 22.8 Å². The van der Waals surface area contributed by atoms with Crippen molar-refractivity contribution in [3.63, 3.8) is 0 Å². The van der Waals surface area contributed by atoms with Gasteiger partial charge < -0.3 is 5.32 Å². The van der Waals surface area contributed by atoms with Crippen LogP contribution in [-0.2, 0) is 6.54 Å². The summed E-state index contributed by atoms with van der Waals surface area (Å²) in [6.45, 7) is 6.50. The van der Waals surface area contributed by atoms with E-state index in [2.05, 4.69) is 50.2 Å². The van der Waals surface area contributed by atoms with Gasteiger partial charge in [0.05, 0.1) is 5.69 Å². The van der Waals surface area contributed by atoms with Gasteiger partial charge in [0.25, 0.3) is 0 Å². The first kappa shape index (κ1) is 13.0.